The van der Waals surface area contributed by atoms with Crippen LogP contribution >= 0.6 is 11.6 Å². The molecule has 2 aliphatic rings. The van der Waals surface area contributed by atoms with Gasteiger partial charge in [-0.15, -0.1) is 0 Å². The van der Waals surface area contributed by atoms with Crippen molar-refractivity contribution in [2.24, 2.45) is 0 Å². The molecule has 5 nitrogen and oxygen atoms in total. The molecule has 0 spiro atoms. The van der Waals surface area contributed by atoms with Crippen LogP contribution in [0.1, 0.15) is 25.7 Å². The summed E-state index contributed by atoms with van der Waals surface area (Å²) in [6.07, 6.45) is 3.82. The van der Waals surface area contributed by atoms with Crippen LogP contribution in [0.2, 0.25) is 5.02 Å². The Kier molecular flexibility index (Phi) is 5.67. The molecule has 0 aromatic heterocycles. The smallest absolute Gasteiger partial charge is 0.134 e. The summed E-state index contributed by atoms with van der Waals surface area (Å²) < 4.78 is 11.3. The third kappa shape index (κ3) is 4.83. The second-order valence-electron chi connectivity index (χ2n) is 7.16. The van der Waals surface area contributed by atoms with Gasteiger partial charge in [0.1, 0.15) is 18.0 Å². The maximum atomic E-state index is 10.9. The predicted octanol–water partition coefficient (Wildman–Crippen LogP) is 2.09. The summed E-state index contributed by atoms with van der Waals surface area (Å²) in [7, 11) is 0. The lowest BCUT2D eigenvalue weighted by Crippen LogP contribution is -2.52. The van der Waals surface area contributed by atoms with E-state index < -0.39 is 11.2 Å². The van der Waals surface area contributed by atoms with Crippen LogP contribution in [0.5, 0.6) is 5.75 Å². The summed E-state index contributed by atoms with van der Waals surface area (Å²) in [4.78, 5) is 2.10. The van der Waals surface area contributed by atoms with Gasteiger partial charge in [-0.25, -0.2) is 0 Å². The molecular weight excluding hydrogens is 330 g/mol. The van der Waals surface area contributed by atoms with Crippen molar-refractivity contribution in [1.29, 1.82) is 0 Å². The summed E-state index contributed by atoms with van der Waals surface area (Å²) in [6.45, 7) is 2.66. The minimum atomic E-state index is -1.09. The monoisotopic (exact) mass is 355 g/mol. The molecule has 6 heteroatoms. The molecule has 1 aromatic rings. The summed E-state index contributed by atoms with van der Waals surface area (Å²) in [6, 6.07) is 7.07. The van der Waals surface area contributed by atoms with Crippen LogP contribution in [-0.4, -0.2) is 65.8 Å². The zero-order valence-corrected chi connectivity index (χ0v) is 14.7. The zero-order valence-electron chi connectivity index (χ0n) is 13.9. The largest absolute Gasteiger partial charge is 0.490 e. The Hall–Kier alpha value is -0.850. The fourth-order valence-corrected chi connectivity index (χ4v) is 3.70. The number of hydrogen-bond acceptors (Lipinski definition) is 5. The van der Waals surface area contributed by atoms with Gasteiger partial charge in [0.25, 0.3) is 0 Å². The fourth-order valence-electron chi connectivity index (χ4n) is 3.57. The Morgan fingerprint density at radius 3 is 2.54 bits per heavy atom. The Bertz CT molecular complexity index is 532. The topological polar surface area (TPSA) is 62.2 Å². The van der Waals surface area contributed by atoms with Gasteiger partial charge in [-0.3, -0.25) is 4.90 Å². The summed E-state index contributed by atoms with van der Waals surface area (Å²) >= 11 is 5.87. The molecule has 1 saturated carbocycles. The molecule has 0 bridgehead atoms. The Morgan fingerprint density at radius 1 is 1.12 bits per heavy atom. The van der Waals surface area contributed by atoms with Gasteiger partial charge in [-0.2, -0.15) is 0 Å². The molecule has 1 saturated heterocycles. The predicted molar refractivity (Wildman–Crippen MR) is 92.6 cm³/mol. The van der Waals surface area contributed by atoms with Crippen molar-refractivity contribution in [2.75, 3.05) is 39.5 Å². The molecule has 2 N–H and O–H groups in total. The lowest BCUT2D eigenvalue weighted by atomic mass is 10.00. The van der Waals surface area contributed by atoms with Crippen LogP contribution in [-0.2, 0) is 4.74 Å². The van der Waals surface area contributed by atoms with Crippen LogP contribution < -0.4 is 4.74 Å². The number of halogens is 1. The lowest BCUT2D eigenvalue weighted by Gasteiger charge is -2.34. The standard InChI is InChI=1S/C18H26ClNO4/c19-15-3-5-16(6-4-15)24-14-18(22)12-20(9-10-23-13-18)11-17(21)7-1-2-8-17/h3-6,21-22H,1-2,7-14H2. The number of aliphatic hydroxyl groups is 2. The summed E-state index contributed by atoms with van der Waals surface area (Å²) in [5, 5.41) is 22.2. The van der Waals surface area contributed by atoms with Gasteiger partial charge in [0.15, 0.2) is 0 Å². The van der Waals surface area contributed by atoms with Crippen LogP contribution in [0.15, 0.2) is 24.3 Å². The van der Waals surface area contributed by atoms with E-state index in [4.69, 9.17) is 21.1 Å². The second kappa shape index (κ2) is 7.58. The van der Waals surface area contributed by atoms with Gasteiger partial charge in [-0.05, 0) is 37.1 Å². The average molecular weight is 356 g/mol. The minimum absolute atomic E-state index is 0.142. The van der Waals surface area contributed by atoms with Crippen LogP contribution in [0.25, 0.3) is 0 Å². The van der Waals surface area contributed by atoms with Crippen molar-refractivity contribution in [3.63, 3.8) is 0 Å². The van der Waals surface area contributed by atoms with Crippen LogP contribution in [0.4, 0.5) is 0 Å². The van der Waals surface area contributed by atoms with E-state index in [2.05, 4.69) is 4.90 Å². The highest BCUT2D eigenvalue weighted by atomic mass is 35.5. The highest BCUT2D eigenvalue weighted by Gasteiger charge is 2.38. The van der Waals surface area contributed by atoms with Crippen molar-refractivity contribution in [1.82, 2.24) is 4.90 Å². The first-order valence-electron chi connectivity index (χ1n) is 8.60. The molecule has 1 atom stereocenters. The number of hydrogen-bond donors (Lipinski definition) is 2. The van der Waals surface area contributed by atoms with E-state index in [1.807, 2.05) is 0 Å². The molecular formula is C18H26ClNO4. The van der Waals surface area contributed by atoms with E-state index in [1.165, 1.54) is 0 Å². The third-order valence-electron chi connectivity index (χ3n) is 4.81. The van der Waals surface area contributed by atoms with Crippen molar-refractivity contribution < 1.29 is 19.7 Å². The second-order valence-corrected chi connectivity index (χ2v) is 7.60. The third-order valence-corrected chi connectivity index (χ3v) is 5.07. The van der Waals surface area contributed by atoms with Gasteiger partial charge in [-0.1, -0.05) is 24.4 Å². The van der Waals surface area contributed by atoms with E-state index in [9.17, 15) is 10.2 Å². The molecule has 1 unspecified atom stereocenters. The molecule has 3 rings (SSSR count). The zero-order chi connectivity index (χ0) is 17.0. The summed E-state index contributed by atoms with van der Waals surface area (Å²) in [5.74, 6) is 0.665. The Morgan fingerprint density at radius 2 is 1.83 bits per heavy atom. The molecule has 1 aliphatic carbocycles. The maximum absolute atomic E-state index is 10.9. The van der Waals surface area contributed by atoms with Gasteiger partial charge in [0, 0.05) is 24.7 Å². The Labute approximate surface area is 148 Å². The fraction of sp³-hybridized carbons (Fsp3) is 0.667. The highest BCUT2D eigenvalue weighted by molar-refractivity contribution is 6.30. The normalized spacial score (nSPS) is 27.8. The molecule has 2 fully saturated rings. The first-order valence-corrected chi connectivity index (χ1v) is 8.98. The lowest BCUT2D eigenvalue weighted by molar-refractivity contribution is -0.0712. The SMILES string of the molecule is OC1(CN2CCOCC(O)(COc3ccc(Cl)cc3)C2)CCCC1. The Balaban J connectivity index is 1.59. The van der Waals surface area contributed by atoms with E-state index in [-0.39, 0.29) is 13.2 Å². The van der Waals surface area contributed by atoms with Crippen LogP contribution in [0.3, 0.4) is 0 Å². The van der Waals surface area contributed by atoms with Crippen molar-refractivity contribution in [3.8, 4) is 5.75 Å². The number of ether oxygens (including phenoxy) is 2. The van der Waals surface area contributed by atoms with Crippen molar-refractivity contribution >= 4 is 11.6 Å². The molecule has 1 aliphatic heterocycles. The summed E-state index contributed by atoms with van der Waals surface area (Å²) in [5.41, 5.74) is -1.71. The van der Waals surface area contributed by atoms with Crippen LogP contribution in [0, 0.1) is 0 Å². The van der Waals surface area contributed by atoms with Crippen molar-refractivity contribution in [3.05, 3.63) is 29.3 Å². The van der Waals surface area contributed by atoms with Gasteiger partial charge in [0.05, 0.1) is 18.8 Å². The highest BCUT2D eigenvalue weighted by Crippen LogP contribution is 2.31. The molecule has 0 radical (unpaired) electrons. The van der Waals surface area contributed by atoms with Crippen molar-refractivity contribution in [2.45, 2.75) is 36.9 Å². The first kappa shape index (κ1) is 18.0. The molecule has 0 amide bonds. The molecule has 134 valence electrons. The minimum Gasteiger partial charge on any atom is -0.490 e. The quantitative estimate of drug-likeness (QED) is 0.846. The first-order chi connectivity index (χ1) is 11.5. The average Bonchev–Trinajstić information content (AvgIpc) is 2.88. The molecule has 1 heterocycles. The molecule has 24 heavy (non-hydrogen) atoms. The van der Waals surface area contributed by atoms with E-state index >= 15 is 0 Å². The van der Waals surface area contributed by atoms with E-state index in [1.54, 1.807) is 24.3 Å². The van der Waals surface area contributed by atoms with Gasteiger partial charge in [0.2, 0.25) is 0 Å². The number of benzene rings is 1. The molecule has 1 aromatic carbocycles. The van der Waals surface area contributed by atoms with E-state index in [0.29, 0.717) is 37.0 Å². The van der Waals surface area contributed by atoms with Gasteiger partial charge < -0.3 is 19.7 Å². The number of nitrogens with zero attached hydrogens (tertiary/aromatic N) is 1. The number of rotatable bonds is 5. The number of β-amino-alcohol motifs (C(OH)–C–C–N with tert-alkyl or cyclic N) is 2. The van der Waals surface area contributed by atoms with E-state index in [0.717, 1.165) is 25.7 Å². The van der Waals surface area contributed by atoms with Gasteiger partial charge >= 0.3 is 0 Å². The maximum Gasteiger partial charge on any atom is 0.134 e.